The number of aromatic nitrogens is 1. The second kappa shape index (κ2) is 4.76. The lowest BCUT2D eigenvalue weighted by Gasteiger charge is -1.95. The maximum absolute atomic E-state index is 10.8. The predicted octanol–water partition coefficient (Wildman–Crippen LogP) is 2.60. The summed E-state index contributed by atoms with van der Waals surface area (Å²) in [6.07, 6.45) is 1.96. The zero-order valence-electron chi connectivity index (χ0n) is 8.31. The Kier molecular flexibility index (Phi) is 3.36. The van der Waals surface area contributed by atoms with Crippen LogP contribution < -0.4 is 5.73 Å². The van der Waals surface area contributed by atoms with Crippen LogP contribution in [0.25, 0.3) is 10.6 Å². The zero-order chi connectivity index (χ0) is 11.5. The molecule has 82 valence electrons. The molecule has 1 aromatic carbocycles. The number of benzene rings is 1. The number of hydrogen-bond acceptors (Lipinski definition) is 3. The van der Waals surface area contributed by atoms with Crippen molar-refractivity contribution in [1.29, 1.82) is 0 Å². The first kappa shape index (κ1) is 11.3. The van der Waals surface area contributed by atoms with Crippen molar-refractivity contribution in [3.63, 3.8) is 0 Å². The molecule has 3 nitrogen and oxygen atoms in total. The number of carbonyl (C=O) groups is 1. The number of nitrogens with zero attached hydrogens (tertiary/aromatic N) is 1. The summed E-state index contributed by atoms with van der Waals surface area (Å²) < 4.78 is 1.03. The first-order valence-corrected chi connectivity index (χ1v) is 6.25. The smallest absolute Gasteiger partial charge is 0.222 e. The van der Waals surface area contributed by atoms with Crippen molar-refractivity contribution in [3.8, 4) is 10.6 Å². The van der Waals surface area contributed by atoms with Gasteiger partial charge in [0.05, 0.1) is 6.42 Å². The van der Waals surface area contributed by atoms with Crippen LogP contribution in [0.4, 0.5) is 0 Å². The Bertz CT molecular complexity index is 507. The maximum atomic E-state index is 10.8. The molecule has 1 aromatic heterocycles. The highest BCUT2D eigenvalue weighted by Gasteiger charge is 2.06. The molecule has 16 heavy (non-hydrogen) atoms. The van der Waals surface area contributed by atoms with Gasteiger partial charge in [-0.05, 0) is 12.1 Å². The van der Waals surface area contributed by atoms with E-state index in [1.807, 2.05) is 24.3 Å². The standard InChI is InChI=1S/C11H9BrN2OS/c12-8-3-1-7(2-4-8)11-14-6-9(16-11)5-10(13)15/h1-4,6H,5H2,(H2,13,15). The summed E-state index contributed by atoms with van der Waals surface area (Å²) in [5, 5.41) is 0.906. The first-order valence-electron chi connectivity index (χ1n) is 4.64. The van der Waals surface area contributed by atoms with E-state index in [1.165, 1.54) is 11.3 Å². The topological polar surface area (TPSA) is 56.0 Å². The van der Waals surface area contributed by atoms with Gasteiger partial charge in [-0.3, -0.25) is 4.79 Å². The molecule has 0 atom stereocenters. The first-order chi connectivity index (χ1) is 7.65. The minimum absolute atomic E-state index is 0.258. The van der Waals surface area contributed by atoms with Crippen molar-refractivity contribution in [1.82, 2.24) is 4.98 Å². The molecule has 0 radical (unpaired) electrons. The summed E-state index contributed by atoms with van der Waals surface area (Å²) in [5.41, 5.74) is 6.17. The van der Waals surface area contributed by atoms with Gasteiger partial charge >= 0.3 is 0 Å². The maximum Gasteiger partial charge on any atom is 0.222 e. The SMILES string of the molecule is NC(=O)Cc1cnc(-c2ccc(Br)cc2)s1. The fourth-order valence-electron chi connectivity index (χ4n) is 1.29. The number of halogens is 1. The van der Waals surface area contributed by atoms with Crippen molar-refractivity contribution in [3.05, 3.63) is 39.8 Å². The molecule has 1 amide bonds. The van der Waals surface area contributed by atoms with Crippen LogP contribution in [0.1, 0.15) is 4.88 Å². The molecule has 0 bridgehead atoms. The highest BCUT2D eigenvalue weighted by Crippen LogP contribution is 2.26. The largest absolute Gasteiger partial charge is 0.369 e. The average Bonchev–Trinajstić information content (AvgIpc) is 2.66. The van der Waals surface area contributed by atoms with Gasteiger partial charge in [0.2, 0.25) is 5.91 Å². The van der Waals surface area contributed by atoms with Gasteiger partial charge in [0.25, 0.3) is 0 Å². The second-order valence-electron chi connectivity index (χ2n) is 3.28. The molecule has 0 unspecified atom stereocenters. The van der Waals surface area contributed by atoms with E-state index in [0.717, 1.165) is 19.9 Å². The number of hydrogen-bond donors (Lipinski definition) is 1. The third kappa shape index (κ3) is 2.68. The average molecular weight is 297 g/mol. The Hall–Kier alpha value is -1.20. The molecule has 0 aliphatic carbocycles. The molecule has 2 aromatic rings. The number of carbonyl (C=O) groups excluding carboxylic acids is 1. The van der Waals surface area contributed by atoms with Crippen LogP contribution in [-0.2, 0) is 11.2 Å². The zero-order valence-corrected chi connectivity index (χ0v) is 10.7. The summed E-state index contributed by atoms with van der Waals surface area (Å²) in [4.78, 5) is 15.9. The molecule has 2 rings (SSSR count). The lowest BCUT2D eigenvalue weighted by molar-refractivity contribution is -0.117. The van der Waals surface area contributed by atoms with Gasteiger partial charge in [-0.25, -0.2) is 4.98 Å². The van der Waals surface area contributed by atoms with Gasteiger partial charge in [0.15, 0.2) is 0 Å². The minimum Gasteiger partial charge on any atom is -0.369 e. The van der Waals surface area contributed by atoms with Crippen LogP contribution in [0.5, 0.6) is 0 Å². The molecular weight excluding hydrogens is 288 g/mol. The molecule has 0 aliphatic rings. The number of thiazole rings is 1. The molecular formula is C11H9BrN2OS. The van der Waals surface area contributed by atoms with Crippen LogP contribution in [0.3, 0.4) is 0 Å². The molecule has 0 saturated heterocycles. The second-order valence-corrected chi connectivity index (χ2v) is 5.31. The molecule has 0 saturated carbocycles. The number of primary amides is 1. The van der Waals surface area contributed by atoms with E-state index in [2.05, 4.69) is 20.9 Å². The number of rotatable bonds is 3. The fraction of sp³-hybridized carbons (Fsp3) is 0.0909. The molecule has 1 heterocycles. The lowest BCUT2D eigenvalue weighted by atomic mass is 10.2. The Labute approximate surface area is 105 Å². The summed E-state index contributed by atoms with van der Waals surface area (Å²) in [7, 11) is 0. The summed E-state index contributed by atoms with van der Waals surface area (Å²) >= 11 is 4.87. The Morgan fingerprint density at radius 2 is 2.06 bits per heavy atom. The molecule has 2 N–H and O–H groups in total. The quantitative estimate of drug-likeness (QED) is 0.946. The summed E-state index contributed by atoms with van der Waals surface area (Å²) in [6, 6.07) is 7.89. The molecule has 0 spiro atoms. The highest BCUT2D eigenvalue weighted by molar-refractivity contribution is 9.10. The number of amides is 1. The summed E-state index contributed by atoms with van der Waals surface area (Å²) in [6.45, 7) is 0. The monoisotopic (exact) mass is 296 g/mol. The molecule has 5 heteroatoms. The van der Waals surface area contributed by atoms with Crippen molar-refractivity contribution >= 4 is 33.2 Å². The van der Waals surface area contributed by atoms with Gasteiger partial charge in [-0.2, -0.15) is 0 Å². The normalized spacial score (nSPS) is 10.3. The van der Waals surface area contributed by atoms with Gasteiger partial charge in [-0.15, -0.1) is 11.3 Å². The lowest BCUT2D eigenvalue weighted by Crippen LogP contribution is -2.12. The Balaban J connectivity index is 2.24. The third-order valence-electron chi connectivity index (χ3n) is 1.99. The van der Waals surface area contributed by atoms with Gasteiger partial charge < -0.3 is 5.73 Å². The molecule has 0 aliphatic heterocycles. The van der Waals surface area contributed by atoms with Crippen LogP contribution in [-0.4, -0.2) is 10.9 Å². The Morgan fingerprint density at radius 1 is 1.38 bits per heavy atom. The molecule has 0 fully saturated rings. The van der Waals surface area contributed by atoms with E-state index in [1.54, 1.807) is 6.20 Å². The minimum atomic E-state index is -0.328. The Morgan fingerprint density at radius 3 is 2.69 bits per heavy atom. The highest BCUT2D eigenvalue weighted by atomic mass is 79.9. The predicted molar refractivity (Wildman–Crippen MR) is 68.1 cm³/mol. The van der Waals surface area contributed by atoms with Gasteiger partial charge in [-0.1, -0.05) is 28.1 Å². The van der Waals surface area contributed by atoms with E-state index < -0.39 is 0 Å². The van der Waals surface area contributed by atoms with Crippen molar-refractivity contribution in [2.75, 3.05) is 0 Å². The third-order valence-corrected chi connectivity index (χ3v) is 3.57. The van der Waals surface area contributed by atoms with E-state index in [-0.39, 0.29) is 12.3 Å². The van der Waals surface area contributed by atoms with Crippen LogP contribution in [0.2, 0.25) is 0 Å². The van der Waals surface area contributed by atoms with Crippen LogP contribution in [0.15, 0.2) is 34.9 Å². The van der Waals surface area contributed by atoms with Crippen molar-refractivity contribution in [2.45, 2.75) is 6.42 Å². The van der Waals surface area contributed by atoms with Crippen LogP contribution in [0, 0.1) is 0 Å². The van der Waals surface area contributed by atoms with Gasteiger partial charge in [0.1, 0.15) is 5.01 Å². The fourth-order valence-corrected chi connectivity index (χ4v) is 2.48. The summed E-state index contributed by atoms with van der Waals surface area (Å²) in [5.74, 6) is -0.328. The van der Waals surface area contributed by atoms with Crippen molar-refractivity contribution < 1.29 is 4.79 Å². The van der Waals surface area contributed by atoms with E-state index in [0.29, 0.717) is 0 Å². The van der Waals surface area contributed by atoms with Gasteiger partial charge in [0, 0.05) is 21.1 Å². The van der Waals surface area contributed by atoms with E-state index >= 15 is 0 Å². The van der Waals surface area contributed by atoms with Crippen molar-refractivity contribution in [2.24, 2.45) is 5.73 Å². The number of nitrogens with two attached hydrogens (primary N) is 1. The van der Waals surface area contributed by atoms with E-state index in [4.69, 9.17) is 5.73 Å². The van der Waals surface area contributed by atoms with Crippen LogP contribution >= 0.6 is 27.3 Å². The van der Waals surface area contributed by atoms with E-state index in [9.17, 15) is 4.79 Å².